The Morgan fingerprint density at radius 3 is 2.56 bits per heavy atom. The van der Waals surface area contributed by atoms with Crippen molar-refractivity contribution in [3.05, 3.63) is 34.9 Å². The van der Waals surface area contributed by atoms with E-state index in [0.29, 0.717) is 13.0 Å². The van der Waals surface area contributed by atoms with Gasteiger partial charge >= 0.3 is 0 Å². The molecule has 0 saturated heterocycles. The second-order valence-corrected chi connectivity index (χ2v) is 4.70. The molecule has 0 radical (unpaired) electrons. The fraction of sp³-hybridized carbons (Fsp3) is 0.533. The Morgan fingerprint density at radius 1 is 1.11 bits per heavy atom. The molecule has 0 spiro atoms. The fourth-order valence-electron chi connectivity index (χ4n) is 1.75. The van der Waals surface area contributed by atoms with Crippen LogP contribution >= 0.6 is 0 Å². The molecule has 0 aliphatic rings. The van der Waals surface area contributed by atoms with E-state index in [2.05, 4.69) is 43.5 Å². The largest absolute Gasteiger partial charge is 0.355 e. The Labute approximate surface area is 110 Å². The average molecular weight is 248 g/mol. The molecule has 0 aromatic heterocycles. The molecule has 3 heteroatoms. The van der Waals surface area contributed by atoms with Gasteiger partial charge in [0.2, 0.25) is 5.91 Å². The summed E-state index contributed by atoms with van der Waals surface area (Å²) in [4.78, 5) is 11.7. The summed E-state index contributed by atoms with van der Waals surface area (Å²) < 4.78 is 0. The monoisotopic (exact) mass is 248 g/mol. The second-order valence-electron chi connectivity index (χ2n) is 4.70. The van der Waals surface area contributed by atoms with Gasteiger partial charge in [0, 0.05) is 13.1 Å². The lowest BCUT2D eigenvalue weighted by atomic mass is 10.0. The summed E-state index contributed by atoms with van der Waals surface area (Å²) in [5.74, 6) is 0.0940. The first-order chi connectivity index (χ1) is 8.63. The lowest BCUT2D eigenvalue weighted by molar-refractivity contribution is -0.120. The quantitative estimate of drug-likeness (QED) is 0.724. The van der Waals surface area contributed by atoms with Gasteiger partial charge < -0.3 is 10.6 Å². The molecule has 0 unspecified atom stereocenters. The Kier molecular flexibility index (Phi) is 6.44. The molecule has 0 bridgehead atoms. The molecule has 1 rings (SSSR count). The Bertz CT molecular complexity index is 388. The number of carbonyl (C=O) groups excluding carboxylic acids is 1. The highest BCUT2D eigenvalue weighted by atomic mass is 16.1. The van der Waals surface area contributed by atoms with Crippen molar-refractivity contribution in [2.45, 2.75) is 33.6 Å². The molecule has 1 aromatic rings. The summed E-state index contributed by atoms with van der Waals surface area (Å²) in [5, 5.41) is 6.18. The van der Waals surface area contributed by atoms with E-state index in [4.69, 9.17) is 0 Å². The summed E-state index contributed by atoms with van der Waals surface area (Å²) in [6, 6.07) is 6.18. The zero-order chi connectivity index (χ0) is 13.4. The minimum Gasteiger partial charge on any atom is -0.355 e. The summed E-state index contributed by atoms with van der Waals surface area (Å²) in [5.41, 5.74) is 3.59. The van der Waals surface area contributed by atoms with Gasteiger partial charge in [0.15, 0.2) is 0 Å². The van der Waals surface area contributed by atoms with Crippen LogP contribution in [0.25, 0.3) is 0 Å². The molecule has 0 heterocycles. The van der Waals surface area contributed by atoms with Crippen LogP contribution in [0, 0.1) is 13.8 Å². The predicted octanol–water partition coefficient (Wildman–Crippen LogP) is 1.96. The molecule has 0 aliphatic carbocycles. The minimum atomic E-state index is 0.0940. The molecule has 0 atom stereocenters. The number of carbonyl (C=O) groups is 1. The predicted molar refractivity (Wildman–Crippen MR) is 75.8 cm³/mol. The van der Waals surface area contributed by atoms with E-state index in [1.807, 2.05) is 6.07 Å². The van der Waals surface area contributed by atoms with Gasteiger partial charge in [0.1, 0.15) is 0 Å². The van der Waals surface area contributed by atoms with Crippen molar-refractivity contribution >= 4 is 5.91 Å². The van der Waals surface area contributed by atoms with Crippen LogP contribution in [-0.2, 0) is 11.2 Å². The number of hydrogen-bond acceptors (Lipinski definition) is 2. The van der Waals surface area contributed by atoms with Crippen molar-refractivity contribution in [3.63, 3.8) is 0 Å². The normalized spacial score (nSPS) is 10.4. The van der Waals surface area contributed by atoms with Crippen molar-refractivity contribution in [2.75, 3.05) is 19.6 Å². The maximum atomic E-state index is 11.7. The molecule has 3 nitrogen and oxygen atoms in total. The molecule has 0 saturated carbocycles. The van der Waals surface area contributed by atoms with Gasteiger partial charge in [0.25, 0.3) is 0 Å². The maximum Gasteiger partial charge on any atom is 0.224 e. The third-order valence-corrected chi connectivity index (χ3v) is 2.99. The second kappa shape index (κ2) is 7.88. The molecule has 0 aliphatic heterocycles. The van der Waals surface area contributed by atoms with Gasteiger partial charge in [-0.05, 0) is 43.5 Å². The van der Waals surface area contributed by atoms with E-state index in [-0.39, 0.29) is 5.91 Å². The first-order valence-electron chi connectivity index (χ1n) is 6.67. The van der Waals surface area contributed by atoms with Gasteiger partial charge in [-0.3, -0.25) is 4.79 Å². The SMILES string of the molecule is CCCNCCNC(=O)Cc1ccc(C)c(C)c1. The van der Waals surface area contributed by atoms with Crippen LogP contribution in [0.5, 0.6) is 0 Å². The van der Waals surface area contributed by atoms with Crippen LogP contribution in [0.3, 0.4) is 0 Å². The van der Waals surface area contributed by atoms with E-state index < -0.39 is 0 Å². The van der Waals surface area contributed by atoms with Crippen LogP contribution < -0.4 is 10.6 Å². The average Bonchev–Trinajstić information content (AvgIpc) is 2.34. The third-order valence-electron chi connectivity index (χ3n) is 2.99. The number of rotatable bonds is 7. The summed E-state index contributed by atoms with van der Waals surface area (Å²) in [6.07, 6.45) is 1.59. The van der Waals surface area contributed by atoms with Gasteiger partial charge in [0.05, 0.1) is 6.42 Å². The summed E-state index contributed by atoms with van der Waals surface area (Å²) in [6.45, 7) is 8.83. The fourth-order valence-corrected chi connectivity index (χ4v) is 1.75. The Hall–Kier alpha value is -1.35. The van der Waals surface area contributed by atoms with Crippen molar-refractivity contribution in [3.8, 4) is 0 Å². The smallest absolute Gasteiger partial charge is 0.224 e. The van der Waals surface area contributed by atoms with Gasteiger partial charge in [-0.2, -0.15) is 0 Å². The van der Waals surface area contributed by atoms with Crippen LogP contribution in [0.1, 0.15) is 30.0 Å². The molecule has 2 N–H and O–H groups in total. The zero-order valence-corrected chi connectivity index (χ0v) is 11.7. The summed E-state index contributed by atoms with van der Waals surface area (Å²) >= 11 is 0. The molecule has 0 fully saturated rings. The molecule has 1 amide bonds. The molecular weight excluding hydrogens is 224 g/mol. The molecule has 100 valence electrons. The van der Waals surface area contributed by atoms with Crippen LogP contribution in [0.15, 0.2) is 18.2 Å². The van der Waals surface area contributed by atoms with E-state index in [1.54, 1.807) is 0 Å². The highest BCUT2D eigenvalue weighted by Crippen LogP contribution is 2.10. The molecule has 1 aromatic carbocycles. The number of benzene rings is 1. The van der Waals surface area contributed by atoms with Gasteiger partial charge in [-0.15, -0.1) is 0 Å². The van der Waals surface area contributed by atoms with Gasteiger partial charge in [-0.1, -0.05) is 25.1 Å². The Balaban J connectivity index is 2.29. The molecule has 18 heavy (non-hydrogen) atoms. The van der Waals surface area contributed by atoms with Crippen molar-refractivity contribution in [2.24, 2.45) is 0 Å². The number of amides is 1. The van der Waals surface area contributed by atoms with E-state index >= 15 is 0 Å². The van der Waals surface area contributed by atoms with Crippen molar-refractivity contribution in [1.29, 1.82) is 0 Å². The minimum absolute atomic E-state index is 0.0940. The lowest BCUT2D eigenvalue weighted by Crippen LogP contribution is -2.33. The van der Waals surface area contributed by atoms with Crippen LogP contribution in [0.2, 0.25) is 0 Å². The first kappa shape index (κ1) is 14.7. The highest BCUT2D eigenvalue weighted by Gasteiger charge is 2.03. The topological polar surface area (TPSA) is 41.1 Å². The standard InChI is InChI=1S/C15H24N2O/c1-4-7-16-8-9-17-15(18)11-14-6-5-12(2)13(3)10-14/h5-6,10,16H,4,7-9,11H2,1-3H3,(H,17,18). The number of hydrogen-bond donors (Lipinski definition) is 2. The van der Waals surface area contributed by atoms with Gasteiger partial charge in [-0.25, -0.2) is 0 Å². The van der Waals surface area contributed by atoms with Crippen LogP contribution in [0.4, 0.5) is 0 Å². The van der Waals surface area contributed by atoms with E-state index in [9.17, 15) is 4.79 Å². The maximum absolute atomic E-state index is 11.7. The van der Waals surface area contributed by atoms with Crippen molar-refractivity contribution < 1.29 is 4.79 Å². The zero-order valence-electron chi connectivity index (χ0n) is 11.7. The number of nitrogens with one attached hydrogen (secondary N) is 2. The van der Waals surface area contributed by atoms with Crippen molar-refractivity contribution in [1.82, 2.24) is 10.6 Å². The number of aryl methyl sites for hydroxylation is 2. The summed E-state index contributed by atoms with van der Waals surface area (Å²) in [7, 11) is 0. The lowest BCUT2D eigenvalue weighted by Gasteiger charge is -2.07. The first-order valence-corrected chi connectivity index (χ1v) is 6.67. The van der Waals surface area contributed by atoms with E-state index in [1.165, 1.54) is 11.1 Å². The van der Waals surface area contributed by atoms with Crippen LogP contribution in [-0.4, -0.2) is 25.5 Å². The van der Waals surface area contributed by atoms with E-state index in [0.717, 1.165) is 25.1 Å². The molecular formula is C15H24N2O. The highest BCUT2D eigenvalue weighted by molar-refractivity contribution is 5.78. The Morgan fingerprint density at radius 2 is 1.89 bits per heavy atom. The third kappa shape index (κ3) is 5.32.